The van der Waals surface area contributed by atoms with Gasteiger partial charge in [0.05, 0.1) is 5.69 Å². The number of carbonyl (C=O) groups is 1. The van der Waals surface area contributed by atoms with Crippen molar-refractivity contribution in [2.75, 3.05) is 0 Å². The van der Waals surface area contributed by atoms with E-state index >= 15 is 0 Å². The predicted octanol–water partition coefficient (Wildman–Crippen LogP) is 13.1. The van der Waals surface area contributed by atoms with E-state index in [9.17, 15) is 9.90 Å². The third-order valence-corrected chi connectivity index (χ3v) is 11.7. The zero-order chi connectivity index (χ0) is 36.9. The number of nitrogens with zero attached hydrogens (tertiary/aromatic N) is 2. The van der Waals surface area contributed by atoms with Crippen LogP contribution >= 0.6 is 11.3 Å². The standard InChI is InChI=1S/C30H29N2S.C15H28O2.Ir/c1-19(2)12-24-15-23-14-21(10-11-29(23)33-24)27-17-28(32-18-31-27)22-13-20-8-6-7-9-25(20)26(16-22)30(3,4)5;1-7-14(5,8-2)12(16)11-13(17)15(6,9-3)10-4;/h6-11,14-19H,12H2,1-5H3;11,16H,7-10H2,1-6H3;/q-1;;/b;12-11-;. The Labute approximate surface area is 324 Å². The Balaban J connectivity index is 0.000000335. The normalized spacial score (nSPS) is 12.5. The summed E-state index contributed by atoms with van der Waals surface area (Å²) < 4.78 is 1.33. The Morgan fingerprint density at radius 3 is 2.08 bits per heavy atom. The summed E-state index contributed by atoms with van der Waals surface area (Å²) in [5.41, 5.74) is 4.71. The molecule has 5 aromatic rings. The molecular formula is C45H57IrN2O2S-. The molecule has 0 aliphatic heterocycles. The number of benzene rings is 3. The minimum Gasteiger partial charge on any atom is -0.512 e. The first-order chi connectivity index (χ1) is 23.6. The fourth-order valence-electron chi connectivity index (χ4n) is 6.10. The Morgan fingerprint density at radius 1 is 0.843 bits per heavy atom. The monoisotopic (exact) mass is 882 g/mol. The van der Waals surface area contributed by atoms with E-state index in [1.807, 2.05) is 52.9 Å². The van der Waals surface area contributed by atoms with Crippen molar-refractivity contribution in [3.63, 3.8) is 0 Å². The van der Waals surface area contributed by atoms with Gasteiger partial charge in [0.2, 0.25) is 0 Å². The van der Waals surface area contributed by atoms with Gasteiger partial charge in [-0.2, -0.15) is 0 Å². The number of fused-ring (bicyclic) bond motifs is 2. The van der Waals surface area contributed by atoms with E-state index in [1.165, 1.54) is 32.0 Å². The quantitative estimate of drug-likeness (QED) is 0.0815. The molecule has 0 saturated heterocycles. The molecule has 0 spiro atoms. The third kappa shape index (κ3) is 10.0. The Kier molecular flexibility index (Phi) is 14.5. The molecule has 0 aliphatic rings. The van der Waals surface area contributed by atoms with Gasteiger partial charge in [-0.3, -0.25) is 9.78 Å². The first-order valence-electron chi connectivity index (χ1n) is 18.3. The minimum absolute atomic E-state index is 0. The molecule has 1 N–H and O–H groups in total. The van der Waals surface area contributed by atoms with Crippen LogP contribution in [0.5, 0.6) is 0 Å². The molecule has 0 saturated carbocycles. The van der Waals surface area contributed by atoms with Crippen molar-refractivity contribution in [1.29, 1.82) is 0 Å². The van der Waals surface area contributed by atoms with Crippen LogP contribution in [0.15, 0.2) is 78.8 Å². The zero-order valence-corrected chi connectivity index (χ0v) is 35.7. The predicted molar refractivity (Wildman–Crippen MR) is 215 cm³/mol. The van der Waals surface area contributed by atoms with Gasteiger partial charge in [0.15, 0.2) is 5.78 Å². The van der Waals surface area contributed by atoms with Crippen LogP contribution in [0.3, 0.4) is 0 Å². The molecule has 0 amide bonds. The Hall–Kier alpha value is -3.18. The SMILES string of the molecule is CC(C)Cc1cc2cc(-c3cc(-c4[c-]c5ccccc5c(C(C)(C)C)c4)ncn3)ccc2s1.CCC(C)(CC)C(=O)/C=C(\O)C(C)(CC)CC.[Ir]. The van der Waals surface area contributed by atoms with Gasteiger partial charge in [-0.25, -0.2) is 4.98 Å². The topological polar surface area (TPSA) is 63.1 Å². The maximum atomic E-state index is 12.2. The van der Waals surface area contributed by atoms with Crippen LogP contribution in [0, 0.1) is 22.8 Å². The molecule has 51 heavy (non-hydrogen) atoms. The Bertz CT molecular complexity index is 1960. The molecule has 5 rings (SSSR count). The van der Waals surface area contributed by atoms with E-state index < -0.39 is 0 Å². The summed E-state index contributed by atoms with van der Waals surface area (Å²) in [7, 11) is 0. The molecule has 275 valence electrons. The Morgan fingerprint density at radius 2 is 1.47 bits per heavy atom. The number of aliphatic hydroxyl groups is 1. The second kappa shape index (κ2) is 17.6. The van der Waals surface area contributed by atoms with Crippen LogP contribution in [0.2, 0.25) is 0 Å². The van der Waals surface area contributed by atoms with E-state index in [0.29, 0.717) is 5.92 Å². The summed E-state index contributed by atoms with van der Waals surface area (Å²) in [6.07, 6.45) is 7.55. The molecule has 0 fully saturated rings. The van der Waals surface area contributed by atoms with Crippen molar-refractivity contribution in [3.8, 4) is 22.5 Å². The number of rotatable bonds is 11. The summed E-state index contributed by atoms with van der Waals surface area (Å²) in [4.78, 5) is 22.9. The fourth-order valence-corrected chi connectivity index (χ4v) is 7.35. The number of hydrogen-bond acceptors (Lipinski definition) is 5. The second-order valence-electron chi connectivity index (χ2n) is 15.7. The number of aliphatic hydroxyl groups excluding tert-OH is 1. The van der Waals surface area contributed by atoms with Gasteiger partial charge >= 0.3 is 0 Å². The minimum atomic E-state index is -0.337. The van der Waals surface area contributed by atoms with Crippen molar-refractivity contribution in [3.05, 3.63) is 95.3 Å². The first-order valence-corrected chi connectivity index (χ1v) is 19.2. The molecule has 2 aromatic heterocycles. The smallest absolute Gasteiger partial charge is 0.164 e. The first kappa shape index (κ1) is 42.2. The van der Waals surface area contributed by atoms with Crippen molar-refractivity contribution >= 4 is 38.0 Å². The average molecular weight is 882 g/mol. The molecule has 0 bridgehead atoms. The maximum Gasteiger partial charge on any atom is 0.164 e. The van der Waals surface area contributed by atoms with E-state index in [-0.39, 0.29) is 47.9 Å². The number of ketones is 1. The summed E-state index contributed by atoms with van der Waals surface area (Å²) in [6, 6.07) is 25.4. The summed E-state index contributed by atoms with van der Waals surface area (Å²) in [5, 5.41) is 13.8. The fraction of sp³-hybridized carbons (Fsp3) is 0.444. The van der Waals surface area contributed by atoms with E-state index in [1.54, 1.807) is 6.33 Å². The van der Waals surface area contributed by atoms with Crippen molar-refractivity contribution in [2.45, 2.75) is 114 Å². The number of aromatic nitrogens is 2. The molecule has 4 nitrogen and oxygen atoms in total. The average Bonchev–Trinajstić information content (AvgIpc) is 3.51. The van der Waals surface area contributed by atoms with Crippen molar-refractivity contribution < 1.29 is 30.0 Å². The van der Waals surface area contributed by atoms with Crippen molar-refractivity contribution in [2.24, 2.45) is 16.7 Å². The van der Waals surface area contributed by atoms with Gasteiger partial charge in [0.1, 0.15) is 12.1 Å². The molecule has 6 heteroatoms. The molecule has 1 radical (unpaired) electrons. The molecule has 0 aliphatic carbocycles. The van der Waals surface area contributed by atoms with Crippen LogP contribution in [0.4, 0.5) is 0 Å². The number of hydrogen-bond donors (Lipinski definition) is 1. The summed E-state index contributed by atoms with van der Waals surface area (Å²) >= 11 is 1.90. The van der Waals surface area contributed by atoms with Crippen LogP contribution in [-0.4, -0.2) is 20.9 Å². The van der Waals surface area contributed by atoms with E-state index in [2.05, 4.69) is 111 Å². The third-order valence-electron chi connectivity index (χ3n) is 10.6. The molecule has 0 atom stereocenters. The van der Waals surface area contributed by atoms with Gasteiger partial charge < -0.3 is 5.11 Å². The second-order valence-corrected chi connectivity index (χ2v) is 16.8. The summed E-state index contributed by atoms with van der Waals surface area (Å²) in [6.45, 7) is 23.4. The van der Waals surface area contributed by atoms with Crippen LogP contribution < -0.4 is 0 Å². The maximum absolute atomic E-state index is 12.2. The molecule has 3 aromatic carbocycles. The number of allylic oxidation sites excluding steroid dienone is 2. The van der Waals surface area contributed by atoms with Crippen LogP contribution in [0.25, 0.3) is 43.4 Å². The van der Waals surface area contributed by atoms with E-state index in [0.717, 1.165) is 60.0 Å². The zero-order valence-electron chi connectivity index (χ0n) is 32.5. The largest absolute Gasteiger partial charge is 0.512 e. The van der Waals surface area contributed by atoms with Gasteiger partial charge in [-0.1, -0.05) is 111 Å². The van der Waals surface area contributed by atoms with Gasteiger partial charge in [-0.15, -0.1) is 40.5 Å². The molecule has 2 heterocycles. The van der Waals surface area contributed by atoms with Crippen molar-refractivity contribution in [1.82, 2.24) is 9.97 Å². The van der Waals surface area contributed by atoms with Gasteiger partial charge in [0, 0.05) is 57.8 Å². The molecular weight excluding hydrogens is 825 g/mol. The van der Waals surface area contributed by atoms with Crippen LogP contribution in [0.1, 0.15) is 112 Å². The number of thiophene rings is 1. The van der Waals surface area contributed by atoms with Gasteiger partial charge in [0.25, 0.3) is 0 Å². The van der Waals surface area contributed by atoms with Crippen LogP contribution in [-0.2, 0) is 36.7 Å². The summed E-state index contributed by atoms with van der Waals surface area (Å²) in [5.74, 6) is 0.951. The molecule has 0 unspecified atom stereocenters. The van der Waals surface area contributed by atoms with Gasteiger partial charge in [-0.05, 0) is 73.1 Å². The number of carbonyl (C=O) groups excluding carboxylic acids is 1. The van der Waals surface area contributed by atoms with E-state index in [4.69, 9.17) is 0 Å².